The summed E-state index contributed by atoms with van der Waals surface area (Å²) in [6, 6.07) is 3.83. The maximum absolute atomic E-state index is 13.4. The SMILES string of the molecule is Fc1cc(CNc2c(F)c(F)c(F)c(F)c2F)ccc1Br. The van der Waals surface area contributed by atoms with Gasteiger partial charge in [-0.1, -0.05) is 6.07 Å². The van der Waals surface area contributed by atoms with Crippen molar-refractivity contribution in [3.8, 4) is 0 Å². The molecule has 0 bridgehead atoms. The Kier molecular flexibility index (Phi) is 4.46. The number of hydrogen-bond acceptors (Lipinski definition) is 1. The lowest BCUT2D eigenvalue weighted by Crippen LogP contribution is -2.10. The number of nitrogens with one attached hydrogen (secondary N) is 1. The first kappa shape index (κ1) is 15.7. The van der Waals surface area contributed by atoms with E-state index in [4.69, 9.17) is 0 Å². The molecule has 112 valence electrons. The van der Waals surface area contributed by atoms with Crippen molar-refractivity contribution in [3.05, 3.63) is 63.1 Å². The molecule has 0 heterocycles. The van der Waals surface area contributed by atoms with E-state index in [1.54, 1.807) is 0 Å². The average Bonchev–Trinajstić information content (AvgIpc) is 2.46. The van der Waals surface area contributed by atoms with E-state index in [0.717, 1.165) is 6.07 Å². The van der Waals surface area contributed by atoms with Gasteiger partial charge >= 0.3 is 0 Å². The van der Waals surface area contributed by atoms with Gasteiger partial charge in [-0.2, -0.15) is 0 Å². The van der Waals surface area contributed by atoms with E-state index in [-0.39, 0.29) is 16.6 Å². The molecule has 21 heavy (non-hydrogen) atoms. The summed E-state index contributed by atoms with van der Waals surface area (Å²) in [5.41, 5.74) is -0.894. The predicted octanol–water partition coefficient (Wildman–Crippen LogP) is 4.90. The van der Waals surface area contributed by atoms with Gasteiger partial charge in [0, 0.05) is 6.54 Å². The third-order valence-corrected chi connectivity index (χ3v) is 3.31. The fourth-order valence-electron chi connectivity index (χ4n) is 1.60. The molecule has 2 aromatic rings. The molecule has 2 aromatic carbocycles. The van der Waals surface area contributed by atoms with Gasteiger partial charge in [-0.05, 0) is 33.6 Å². The molecule has 0 amide bonds. The Balaban J connectivity index is 2.30. The molecule has 1 nitrogen and oxygen atoms in total. The fraction of sp³-hybridized carbons (Fsp3) is 0.0769. The van der Waals surface area contributed by atoms with E-state index in [1.807, 2.05) is 0 Å². The van der Waals surface area contributed by atoms with Crippen molar-refractivity contribution in [3.63, 3.8) is 0 Å². The van der Waals surface area contributed by atoms with Crippen LogP contribution in [0.3, 0.4) is 0 Å². The Labute approximate surface area is 123 Å². The van der Waals surface area contributed by atoms with Crippen LogP contribution < -0.4 is 5.32 Å². The predicted molar refractivity (Wildman–Crippen MR) is 67.7 cm³/mol. The molecule has 0 aliphatic heterocycles. The van der Waals surface area contributed by atoms with E-state index in [1.165, 1.54) is 12.1 Å². The first-order valence-corrected chi connectivity index (χ1v) is 6.31. The maximum Gasteiger partial charge on any atom is 0.200 e. The average molecular weight is 370 g/mol. The van der Waals surface area contributed by atoms with Crippen LogP contribution >= 0.6 is 15.9 Å². The molecule has 0 aliphatic carbocycles. The first-order valence-electron chi connectivity index (χ1n) is 5.52. The van der Waals surface area contributed by atoms with Crippen molar-refractivity contribution >= 4 is 21.6 Å². The summed E-state index contributed by atoms with van der Waals surface area (Å²) in [6.07, 6.45) is 0. The highest BCUT2D eigenvalue weighted by Crippen LogP contribution is 2.27. The van der Waals surface area contributed by atoms with Crippen molar-refractivity contribution in [2.45, 2.75) is 6.54 Å². The smallest absolute Gasteiger partial charge is 0.200 e. The molecule has 0 atom stereocenters. The quantitative estimate of drug-likeness (QED) is 0.461. The minimum atomic E-state index is -2.23. The molecule has 0 spiro atoms. The van der Waals surface area contributed by atoms with Gasteiger partial charge in [-0.25, -0.2) is 26.3 Å². The lowest BCUT2D eigenvalue weighted by Gasteiger charge is -2.11. The van der Waals surface area contributed by atoms with Gasteiger partial charge < -0.3 is 5.32 Å². The summed E-state index contributed by atoms with van der Waals surface area (Å²) in [4.78, 5) is 0. The molecule has 0 saturated carbocycles. The molecule has 8 heteroatoms. The molecule has 0 aromatic heterocycles. The highest BCUT2D eigenvalue weighted by Gasteiger charge is 2.25. The standard InChI is InChI=1S/C13H6BrF6N/c14-6-2-1-5(3-7(6)15)4-21-13-11(19)9(17)8(16)10(18)12(13)20/h1-3,21H,4H2. The highest BCUT2D eigenvalue weighted by molar-refractivity contribution is 9.10. The summed E-state index contributed by atoms with van der Waals surface area (Å²) in [5.74, 6) is -10.9. The lowest BCUT2D eigenvalue weighted by molar-refractivity contribution is 0.381. The van der Waals surface area contributed by atoms with Gasteiger partial charge in [0.1, 0.15) is 11.5 Å². The lowest BCUT2D eigenvalue weighted by atomic mass is 10.2. The zero-order chi connectivity index (χ0) is 15.7. The summed E-state index contributed by atoms with van der Waals surface area (Å²) < 4.78 is 79.0. The van der Waals surface area contributed by atoms with Crippen molar-refractivity contribution in [1.29, 1.82) is 0 Å². The molecule has 2 rings (SSSR count). The Hall–Kier alpha value is -1.70. The van der Waals surface area contributed by atoms with Crippen LogP contribution in [0, 0.1) is 34.9 Å². The summed E-state index contributed by atoms with van der Waals surface area (Å²) in [6.45, 7) is -0.317. The van der Waals surface area contributed by atoms with Crippen LogP contribution in [0.2, 0.25) is 0 Å². The highest BCUT2D eigenvalue weighted by atomic mass is 79.9. The Morgan fingerprint density at radius 1 is 0.810 bits per heavy atom. The fourth-order valence-corrected chi connectivity index (χ4v) is 1.85. The van der Waals surface area contributed by atoms with Crippen LogP contribution in [0.5, 0.6) is 0 Å². The molecular weight excluding hydrogens is 364 g/mol. The zero-order valence-electron chi connectivity index (χ0n) is 10.1. The second-order valence-electron chi connectivity index (χ2n) is 4.05. The van der Waals surface area contributed by atoms with Crippen molar-refractivity contribution in [2.24, 2.45) is 0 Å². The first-order chi connectivity index (χ1) is 9.82. The normalized spacial score (nSPS) is 10.8. The Bertz CT molecular complexity index is 675. The van der Waals surface area contributed by atoms with Crippen LogP contribution in [0.25, 0.3) is 0 Å². The number of benzene rings is 2. The number of halogens is 7. The minimum absolute atomic E-state index is 0.183. The Morgan fingerprint density at radius 3 is 1.86 bits per heavy atom. The van der Waals surface area contributed by atoms with E-state index < -0.39 is 40.6 Å². The monoisotopic (exact) mass is 369 g/mol. The molecule has 1 N–H and O–H groups in total. The van der Waals surface area contributed by atoms with E-state index in [0.29, 0.717) is 0 Å². The van der Waals surface area contributed by atoms with Crippen LogP contribution in [0.4, 0.5) is 32.0 Å². The van der Waals surface area contributed by atoms with E-state index >= 15 is 0 Å². The van der Waals surface area contributed by atoms with Crippen LogP contribution in [0.15, 0.2) is 22.7 Å². The van der Waals surface area contributed by atoms with Gasteiger partial charge in [0.2, 0.25) is 5.82 Å². The summed E-state index contributed by atoms with van der Waals surface area (Å²) >= 11 is 2.92. The topological polar surface area (TPSA) is 12.0 Å². The molecular formula is C13H6BrF6N. The largest absolute Gasteiger partial charge is 0.376 e. The van der Waals surface area contributed by atoms with Gasteiger partial charge in [-0.15, -0.1) is 0 Å². The van der Waals surface area contributed by atoms with Gasteiger partial charge in [0.15, 0.2) is 23.3 Å². The zero-order valence-corrected chi connectivity index (χ0v) is 11.7. The minimum Gasteiger partial charge on any atom is -0.376 e. The second kappa shape index (κ2) is 5.97. The second-order valence-corrected chi connectivity index (χ2v) is 4.90. The van der Waals surface area contributed by atoms with Gasteiger partial charge in [-0.3, -0.25) is 0 Å². The Morgan fingerprint density at radius 2 is 1.33 bits per heavy atom. The van der Waals surface area contributed by atoms with Crippen molar-refractivity contribution < 1.29 is 26.3 Å². The molecule has 0 fully saturated rings. The van der Waals surface area contributed by atoms with E-state index in [9.17, 15) is 26.3 Å². The number of anilines is 1. The molecule has 0 saturated heterocycles. The number of rotatable bonds is 3. The van der Waals surface area contributed by atoms with Gasteiger partial charge in [0.25, 0.3) is 0 Å². The van der Waals surface area contributed by atoms with Crippen molar-refractivity contribution in [1.82, 2.24) is 0 Å². The van der Waals surface area contributed by atoms with Crippen LogP contribution in [-0.4, -0.2) is 0 Å². The molecule has 0 unspecified atom stereocenters. The summed E-state index contributed by atoms with van der Waals surface area (Å²) in [7, 11) is 0. The maximum atomic E-state index is 13.4. The van der Waals surface area contributed by atoms with Crippen LogP contribution in [0.1, 0.15) is 5.56 Å². The van der Waals surface area contributed by atoms with Crippen LogP contribution in [-0.2, 0) is 6.54 Å². The third-order valence-electron chi connectivity index (χ3n) is 2.66. The van der Waals surface area contributed by atoms with E-state index in [2.05, 4.69) is 21.2 Å². The molecule has 0 aliphatic rings. The van der Waals surface area contributed by atoms with Crippen molar-refractivity contribution in [2.75, 3.05) is 5.32 Å². The number of hydrogen-bond donors (Lipinski definition) is 1. The van der Waals surface area contributed by atoms with Gasteiger partial charge in [0.05, 0.1) is 4.47 Å². The third kappa shape index (κ3) is 2.99. The molecule has 0 radical (unpaired) electrons. The summed E-state index contributed by atoms with van der Waals surface area (Å²) in [5, 5.41) is 2.07.